The van der Waals surface area contributed by atoms with Crippen LogP contribution < -0.4 is 0 Å². The number of hydrogen-bond acceptors (Lipinski definition) is 2. The lowest BCUT2D eigenvalue weighted by Gasteiger charge is -1.91. The molecule has 1 unspecified atom stereocenters. The highest BCUT2D eigenvalue weighted by Gasteiger charge is 1.90. The van der Waals surface area contributed by atoms with Crippen molar-refractivity contribution in [2.75, 3.05) is 6.66 Å². The maximum absolute atomic E-state index is 3.88. The zero-order valence-corrected chi connectivity index (χ0v) is 6.63. The zero-order valence-electron chi connectivity index (χ0n) is 5.63. The number of aromatic nitrogens is 3. The monoisotopic (exact) mass is 143 g/mol. The second-order valence-electron chi connectivity index (χ2n) is 1.91. The Labute approximate surface area is 56.2 Å². The van der Waals surface area contributed by atoms with Crippen molar-refractivity contribution in [3.63, 3.8) is 0 Å². The van der Waals surface area contributed by atoms with E-state index < -0.39 is 0 Å². The Bertz CT molecular complexity index is 184. The van der Waals surface area contributed by atoms with Gasteiger partial charge in [0.2, 0.25) is 0 Å². The van der Waals surface area contributed by atoms with Gasteiger partial charge in [-0.25, -0.2) is 4.68 Å². The van der Waals surface area contributed by atoms with Crippen LogP contribution in [0.25, 0.3) is 0 Å². The van der Waals surface area contributed by atoms with Crippen LogP contribution in [0.4, 0.5) is 0 Å². The highest BCUT2D eigenvalue weighted by Crippen LogP contribution is 2.04. The van der Waals surface area contributed by atoms with Crippen LogP contribution in [0.15, 0.2) is 6.20 Å². The highest BCUT2D eigenvalue weighted by molar-refractivity contribution is 7.35. The molecule has 0 fully saturated rings. The second-order valence-corrected chi connectivity index (χ2v) is 2.93. The van der Waals surface area contributed by atoms with Gasteiger partial charge in [-0.3, -0.25) is 0 Å². The van der Waals surface area contributed by atoms with Gasteiger partial charge in [-0.15, -0.1) is 13.7 Å². The lowest BCUT2D eigenvalue weighted by atomic mass is 10.6. The molecular weight excluding hydrogens is 133 g/mol. The van der Waals surface area contributed by atoms with Gasteiger partial charge in [0.15, 0.2) is 0 Å². The van der Waals surface area contributed by atoms with E-state index in [0.717, 1.165) is 20.6 Å². The van der Waals surface area contributed by atoms with Gasteiger partial charge < -0.3 is 0 Å². The summed E-state index contributed by atoms with van der Waals surface area (Å²) in [5.74, 6) is 0. The molecule has 0 bridgehead atoms. The number of rotatable bonds is 2. The van der Waals surface area contributed by atoms with Crippen molar-refractivity contribution in [1.82, 2.24) is 15.0 Å². The summed E-state index contributed by atoms with van der Waals surface area (Å²) in [6.45, 7) is 4.10. The van der Waals surface area contributed by atoms with Gasteiger partial charge in [-0.1, -0.05) is 5.21 Å². The van der Waals surface area contributed by atoms with E-state index in [2.05, 4.69) is 17.0 Å². The Balaban J connectivity index is 2.61. The summed E-state index contributed by atoms with van der Waals surface area (Å²) in [7, 11) is 0.909. The highest BCUT2D eigenvalue weighted by atomic mass is 31.1. The van der Waals surface area contributed by atoms with Gasteiger partial charge in [0.25, 0.3) is 0 Å². The lowest BCUT2D eigenvalue weighted by Crippen LogP contribution is -1.92. The molecule has 0 aliphatic carbocycles. The fourth-order valence-electron chi connectivity index (χ4n) is 0.635. The second kappa shape index (κ2) is 2.92. The largest absolute Gasteiger partial charge is 0.248 e. The molecule has 1 rings (SSSR count). The quantitative estimate of drug-likeness (QED) is 0.574. The topological polar surface area (TPSA) is 30.7 Å². The van der Waals surface area contributed by atoms with Crippen molar-refractivity contribution in [1.29, 1.82) is 0 Å². The average molecular weight is 143 g/mol. The average Bonchev–Trinajstić information content (AvgIpc) is 2.17. The van der Waals surface area contributed by atoms with E-state index in [1.165, 1.54) is 0 Å². The van der Waals surface area contributed by atoms with E-state index in [1.807, 2.05) is 17.8 Å². The first-order valence-corrected chi connectivity index (χ1v) is 4.55. The van der Waals surface area contributed by atoms with Gasteiger partial charge in [-0.2, -0.15) is 0 Å². The van der Waals surface area contributed by atoms with Crippen molar-refractivity contribution in [2.45, 2.75) is 13.2 Å². The molecule has 0 radical (unpaired) electrons. The molecule has 3 nitrogen and oxygen atoms in total. The summed E-state index contributed by atoms with van der Waals surface area (Å²) in [4.78, 5) is 0. The minimum atomic E-state index is 0.909. The summed E-state index contributed by atoms with van der Waals surface area (Å²) in [6, 6.07) is 0. The lowest BCUT2D eigenvalue weighted by molar-refractivity contribution is 0.699. The van der Waals surface area contributed by atoms with Crippen LogP contribution in [0, 0.1) is 6.92 Å². The van der Waals surface area contributed by atoms with Crippen molar-refractivity contribution >= 4 is 8.58 Å². The summed E-state index contributed by atoms with van der Waals surface area (Å²) < 4.78 is 1.87. The summed E-state index contributed by atoms with van der Waals surface area (Å²) in [6.07, 6.45) is 2.96. The van der Waals surface area contributed by atoms with Crippen LogP contribution in [-0.2, 0) is 6.29 Å². The third-order valence-electron chi connectivity index (χ3n) is 0.973. The number of nitrogens with zero attached hydrogens (tertiary/aromatic N) is 3. The van der Waals surface area contributed by atoms with Gasteiger partial charge in [0.1, 0.15) is 0 Å². The molecule has 1 heterocycles. The van der Waals surface area contributed by atoms with Crippen molar-refractivity contribution in [3.8, 4) is 0 Å². The molecule has 0 aliphatic rings. The molecule has 4 heteroatoms. The Hall–Kier alpha value is -0.430. The minimum Gasteiger partial charge on any atom is -0.248 e. The van der Waals surface area contributed by atoms with Crippen LogP contribution >= 0.6 is 8.58 Å². The molecule has 0 N–H and O–H groups in total. The van der Waals surface area contributed by atoms with Crippen molar-refractivity contribution in [2.24, 2.45) is 0 Å². The zero-order chi connectivity index (χ0) is 6.69. The molecule has 1 atom stereocenters. The first-order chi connectivity index (χ1) is 4.33. The van der Waals surface area contributed by atoms with E-state index >= 15 is 0 Å². The molecule has 0 spiro atoms. The third kappa shape index (κ3) is 1.75. The first-order valence-electron chi connectivity index (χ1n) is 2.84. The van der Waals surface area contributed by atoms with E-state index in [9.17, 15) is 0 Å². The minimum absolute atomic E-state index is 0.909. The molecule has 9 heavy (non-hydrogen) atoms. The SMILES string of the molecule is CPCn1cc(C)nn1. The van der Waals surface area contributed by atoms with Gasteiger partial charge in [0, 0.05) is 6.20 Å². The smallest absolute Gasteiger partial charge is 0.0796 e. The third-order valence-corrected chi connectivity index (χ3v) is 1.61. The molecular formula is C5H10N3P. The molecule has 0 aromatic carbocycles. The van der Waals surface area contributed by atoms with Crippen LogP contribution in [0.1, 0.15) is 5.69 Å². The van der Waals surface area contributed by atoms with E-state index in [0.29, 0.717) is 0 Å². The van der Waals surface area contributed by atoms with Gasteiger partial charge in [0.05, 0.1) is 12.0 Å². The standard InChI is InChI=1S/C5H10N3P/c1-5-3-8(4-9-2)7-6-5/h3,9H,4H2,1-2H3. The predicted octanol–water partition coefficient (Wildman–Crippen LogP) is 0.852. The maximum Gasteiger partial charge on any atom is 0.0796 e. The molecule has 50 valence electrons. The Morgan fingerprint density at radius 3 is 3.00 bits per heavy atom. The predicted molar refractivity (Wildman–Crippen MR) is 39.0 cm³/mol. The summed E-state index contributed by atoms with van der Waals surface area (Å²) >= 11 is 0. The molecule has 0 amide bonds. The first kappa shape index (κ1) is 6.69. The maximum atomic E-state index is 3.88. The van der Waals surface area contributed by atoms with Crippen LogP contribution in [-0.4, -0.2) is 21.7 Å². The van der Waals surface area contributed by atoms with Crippen LogP contribution in [0.2, 0.25) is 0 Å². The fraction of sp³-hybridized carbons (Fsp3) is 0.600. The summed E-state index contributed by atoms with van der Waals surface area (Å²) in [5.41, 5.74) is 0.994. The molecule has 1 aromatic heterocycles. The van der Waals surface area contributed by atoms with Crippen molar-refractivity contribution < 1.29 is 0 Å². The summed E-state index contributed by atoms with van der Waals surface area (Å²) in [5, 5.41) is 7.73. The Morgan fingerprint density at radius 1 is 1.78 bits per heavy atom. The van der Waals surface area contributed by atoms with Crippen molar-refractivity contribution in [3.05, 3.63) is 11.9 Å². The van der Waals surface area contributed by atoms with Crippen LogP contribution in [0.3, 0.4) is 0 Å². The number of aryl methyl sites for hydroxylation is 1. The Morgan fingerprint density at radius 2 is 2.56 bits per heavy atom. The number of hydrogen-bond donors (Lipinski definition) is 0. The van der Waals surface area contributed by atoms with Crippen LogP contribution in [0.5, 0.6) is 0 Å². The molecule has 0 saturated heterocycles. The molecule has 1 aromatic rings. The molecule has 0 saturated carbocycles. The van der Waals surface area contributed by atoms with E-state index in [4.69, 9.17) is 0 Å². The fourth-order valence-corrected chi connectivity index (χ4v) is 1.11. The van der Waals surface area contributed by atoms with Gasteiger partial charge in [-0.05, 0) is 13.6 Å². The van der Waals surface area contributed by atoms with E-state index in [1.54, 1.807) is 0 Å². The normalized spacial score (nSPS) is 11.3. The van der Waals surface area contributed by atoms with E-state index in [-0.39, 0.29) is 0 Å². The van der Waals surface area contributed by atoms with Gasteiger partial charge >= 0.3 is 0 Å². The Kier molecular flexibility index (Phi) is 2.17. The molecule has 0 aliphatic heterocycles.